The van der Waals surface area contributed by atoms with E-state index in [1.165, 1.54) is 6.08 Å². The fourth-order valence-corrected chi connectivity index (χ4v) is 2.16. The number of ketones is 1. The summed E-state index contributed by atoms with van der Waals surface area (Å²) in [6.45, 7) is 0. The van der Waals surface area contributed by atoms with E-state index in [1.807, 2.05) is 24.3 Å². The van der Waals surface area contributed by atoms with E-state index >= 15 is 0 Å². The Balaban J connectivity index is 2.06. The molecule has 3 aliphatic rings. The second kappa shape index (κ2) is 3.32. The molecule has 0 radical (unpaired) electrons. The largest absolute Gasteiger partial charge is 0.374 e. The first kappa shape index (κ1) is 9.36. The molecule has 3 N–H and O–H groups in total. The first-order chi connectivity index (χ1) is 7.75. The van der Waals surface area contributed by atoms with Crippen molar-refractivity contribution in [3.05, 3.63) is 59.4 Å². The highest BCUT2D eigenvalue weighted by Gasteiger charge is 2.27. The van der Waals surface area contributed by atoms with Gasteiger partial charge in [0, 0.05) is 11.3 Å². The van der Waals surface area contributed by atoms with Crippen molar-refractivity contribution in [1.82, 2.24) is 5.32 Å². The molecule has 0 aromatic carbocycles. The number of hydrogen-bond donors (Lipinski definition) is 2. The van der Waals surface area contributed by atoms with Crippen molar-refractivity contribution in [2.75, 3.05) is 0 Å². The molecular weight excluding hydrogens is 200 g/mol. The van der Waals surface area contributed by atoms with E-state index in [1.54, 1.807) is 6.08 Å². The van der Waals surface area contributed by atoms with E-state index in [4.69, 9.17) is 5.73 Å². The van der Waals surface area contributed by atoms with Gasteiger partial charge in [-0.25, -0.2) is 0 Å². The number of dihydropyridines is 1. The summed E-state index contributed by atoms with van der Waals surface area (Å²) in [6.07, 6.45) is 13.5. The van der Waals surface area contributed by atoms with Gasteiger partial charge in [0.2, 0.25) is 0 Å². The molecule has 16 heavy (non-hydrogen) atoms. The second-order valence-electron chi connectivity index (χ2n) is 4.09. The quantitative estimate of drug-likeness (QED) is 0.622. The molecule has 0 aromatic rings. The minimum atomic E-state index is -0.528. The summed E-state index contributed by atoms with van der Waals surface area (Å²) in [5.74, 6) is -0.0359. The van der Waals surface area contributed by atoms with E-state index in [2.05, 4.69) is 11.4 Å². The van der Waals surface area contributed by atoms with E-state index < -0.39 is 6.04 Å². The third-order valence-electron chi connectivity index (χ3n) is 3.06. The highest BCUT2D eigenvalue weighted by molar-refractivity contribution is 5.99. The summed E-state index contributed by atoms with van der Waals surface area (Å²) in [5.41, 5.74) is 8.87. The fourth-order valence-electron chi connectivity index (χ4n) is 2.16. The molecule has 2 unspecified atom stereocenters. The standard InChI is InChI=1S/C13H12N2O/c14-13-9-7-8-3-1-2-4-10(8)15-11(9)5-6-12(13)16/h1-7,10,13,15H,14H2. The molecule has 80 valence electrons. The van der Waals surface area contributed by atoms with Crippen LogP contribution in [0.15, 0.2) is 59.4 Å². The Morgan fingerprint density at radius 2 is 2.06 bits per heavy atom. The monoisotopic (exact) mass is 212 g/mol. The maximum atomic E-state index is 11.5. The summed E-state index contributed by atoms with van der Waals surface area (Å²) in [7, 11) is 0. The van der Waals surface area contributed by atoms with Crippen molar-refractivity contribution in [1.29, 1.82) is 0 Å². The Labute approximate surface area is 93.7 Å². The molecule has 0 fully saturated rings. The number of carbonyl (C=O) groups excluding carboxylic acids is 1. The van der Waals surface area contributed by atoms with Gasteiger partial charge < -0.3 is 11.1 Å². The lowest BCUT2D eigenvalue weighted by Gasteiger charge is -2.30. The number of hydrogen-bond acceptors (Lipinski definition) is 3. The van der Waals surface area contributed by atoms with E-state index in [0.717, 1.165) is 16.8 Å². The molecular formula is C13H12N2O. The van der Waals surface area contributed by atoms with Gasteiger partial charge >= 0.3 is 0 Å². The average molecular weight is 212 g/mol. The molecule has 3 rings (SSSR count). The average Bonchev–Trinajstić information content (AvgIpc) is 2.32. The third-order valence-corrected chi connectivity index (χ3v) is 3.06. The minimum Gasteiger partial charge on any atom is -0.374 e. The van der Waals surface area contributed by atoms with Crippen LogP contribution in [-0.2, 0) is 4.79 Å². The van der Waals surface area contributed by atoms with Crippen molar-refractivity contribution in [2.24, 2.45) is 5.73 Å². The van der Waals surface area contributed by atoms with Crippen LogP contribution in [0.4, 0.5) is 0 Å². The van der Waals surface area contributed by atoms with Crippen molar-refractivity contribution in [3.8, 4) is 0 Å². The molecule has 0 amide bonds. The molecule has 0 bridgehead atoms. The predicted octanol–water partition coefficient (Wildman–Crippen LogP) is 0.731. The summed E-state index contributed by atoms with van der Waals surface area (Å²) in [6, 6.07) is -0.325. The topological polar surface area (TPSA) is 55.1 Å². The van der Waals surface area contributed by atoms with Crippen LogP contribution < -0.4 is 11.1 Å². The number of nitrogens with one attached hydrogen (secondary N) is 1. The van der Waals surface area contributed by atoms with Crippen LogP contribution in [0.5, 0.6) is 0 Å². The van der Waals surface area contributed by atoms with Crippen molar-refractivity contribution in [2.45, 2.75) is 12.1 Å². The van der Waals surface area contributed by atoms with Crippen LogP contribution >= 0.6 is 0 Å². The zero-order chi connectivity index (χ0) is 11.1. The summed E-state index contributed by atoms with van der Waals surface area (Å²) < 4.78 is 0. The molecule has 2 aliphatic carbocycles. The maximum Gasteiger partial charge on any atom is 0.177 e. The number of fused-ring (bicyclic) bond motifs is 1. The van der Waals surface area contributed by atoms with Crippen molar-refractivity contribution < 1.29 is 4.79 Å². The number of allylic oxidation sites excluding steroid dienone is 3. The number of nitrogens with two attached hydrogens (primary N) is 1. The molecule has 2 atom stereocenters. The highest BCUT2D eigenvalue weighted by Crippen LogP contribution is 2.26. The van der Waals surface area contributed by atoms with Gasteiger partial charge in [-0.2, -0.15) is 0 Å². The van der Waals surface area contributed by atoms with Crippen LogP contribution in [0.25, 0.3) is 0 Å². The smallest absolute Gasteiger partial charge is 0.177 e. The number of carbonyl (C=O) groups is 1. The lowest BCUT2D eigenvalue weighted by molar-refractivity contribution is -0.115. The molecule has 0 spiro atoms. The van der Waals surface area contributed by atoms with Gasteiger partial charge in [0.05, 0.1) is 12.1 Å². The molecule has 0 saturated heterocycles. The van der Waals surface area contributed by atoms with Gasteiger partial charge in [0.15, 0.2) is 5.78 Å². The van der Waals surface area contributed by atoms with Crippen LogP contribution in [0.2, 0.25) is 0 Å². The van der Waals surface area contributed by atoms with E-state index in [-0.39, 0.29) is 11.8 Å². The van der Waals surface area contributed by atoms with Crippen molar-refractivity contribution in [3.63, 3.8) is 0 Å². The maximum absolute atomic E-state index is 11.5. The zero-order valence-corrected chi connectivity index (χ0v) is 8.68. The van der Waals surface area contributed by atoms with Crippen LogP contribution in [0.3, 0.4) is 0 Å². The van der Waals surface area contributed by atoms with Crippen LogP contribution in [0, 0.1) is 0 Å². The summed E-state index contributed by atoms with van der Waals surface area (Å²) >= 11 is 0. The Morgan fingerprint density at radius 3 is 2.94 bits per heavy atom. The van der Waals surface area contributed by atoms with Crippen molar-refractivity contribution >= 4 is 5.78 Å². The SMILES string of the molecule is NC1C(=O)C=CC2=C1C=C1C=CC=CC1N2. The second-order valence-corrected chi connectivity index (χ2v) is 4.09. The van der Waals surface area contributed by atoms with Crippen LogP contribution in [0.1, 0.15) is 0 Å². The normalized spacial score (nSPS) is 30.8. The molecule has 1 heterocycles. The molecule has 0 aromatic heterocycles. The van der Waals surface area contributed by atoms with Gasteiger partial charge in [-0.05, 0) is 23.8 Å². The zero-order valence-electron chi connectivity index (χ0n) is 8.68. The Hall–Kier alpha value is -1.87. The van der Waals surface area contributed by atoms with Gasteiger partial charge in [0.1, 0.15) is 0 Å². The van der Waals surface area contributed by atoms with Gasteiger partial charge in [0.25, 0.3) is 0 Å². The Kier molecular flexibility index (Phi) is 1.94. The first-order valence-corrected chi connectivity index (χ1v) is 5.30. The van der Waals surface area contributed by atoms with Crippen LogP contribution in [-0.4, -0.2) is 17.9 Å². The summed E-state index contributed by atoms with van der Waals surface area (Å²) in [4.78, 5) is 11.5. The minimum absolute atomic E-state index is 0.0359. The Bertz CT molecular complexity index is 506. The molecule has 1 aliphatic heterocycles. The molecule has 3 nitrogen and oxygen atoms in total. The van der Waals surface area contributed by atoms with Gasteiger partial charge in [-0.1, -0.05) is 24.3 Å². The number of rotatable bonds is 0. The first-order valence-electron chi connectivity index (χ1n) is 5.30. The molecule has 0 saturated carbocycles. The third kappa shape index (κ3) is 1.29. The van der Waals surface area contributed by atoms with E-state index in [9.17, 15) is 4.79 Å². The predicted molar refractivity (Wildman–Crippen MR) is 62.4 cm³/mol. The summed E-state index contributed by atoms with van der Waals surface area (Å²) in [5, 5.41) is 3.36. The lowest BCUT2D eigenvalue weighted by Crippen LogP contribution is -2.41. The Morgan fingerprint density at radius 1 is 1.19 bits per heavy atom. The lowest BCUT2D eigenvalue weighted by atomic mass is 9.87. The van der Waals surface area contributed by atoms with Gasteiger partial charge in [-0.15, -0.1) is 0 Å². The fraction of sp³-hybridized carbons (Fsp3) is 0.154. The van der Waals surface area contributed by atoms with E-state index in [0.29, 0.717) is 0 Å². The van der Waals surface area contributed by atoms with Gasteiger partial charge in [-0.3, -0.25) is 4.79 Å². The highest BCUT2D eigenvalue weighted by atomic mass is 16.1. The molecule has 3 heteroatoms.